The summed E-state index contributed by atoms with van der Waals surface area (Å²) in [4.78, 5) is 16.7. The first-order valence-corrected chi connectivity index (χ1v) is 8.37. The second kappa shape index (κ2) is 6.81. The molecule has 3 nitrogen and oxygen atoms in total. The summed E-state index contributed by atoms with van der Waals surface area (Å²) in [7, 11) is 0. The van der Waals surface area contributed by atoms with Gasteiger partial charge in [-0.15, -0.1) is 0 Å². The van der Waals surface area contributed by atoms with Crippen LogP contribution in [0.2, 0.25) is 10.0 Å². The van der Waals surface area contributed by atoms with Gasteiger partial charge in [0.05, 0.1) is 0 Å². The first-order chi connectivity index (χ1) is 11.1. The third-order valence-corrected chi connectivity index (χ3v) is 4.86. The minimum atomic E-state index is 0.0370. The van der Waals surface area contributed by atoms with Crippen molar-refractivity contribution in [3.8, 4) is 0 Å². The predicted octanol–water partition coefficient (Wildman–Crippen LogP) is 4.26. The number of anilines is 1. The average molecular weight is 349 g/mol. The maximum Gasteiger partial charge on any atom is 0.254 e. The molecule has 5 heteroatoms. The second-order valence-electron chi connectivity index (χ2n) is 5.67. The van der Waals surface area contributed by atoms with E-state index >= 15 is 0 Å². The third-order valence-electron chi connectivity index (χ3n) is 4.22. The number of halogens is 2. The molecule has 23 heavy (non-hydrogen) atoms. The minimum Gasteiger partial charge on any atom is -0.368 e. The smallest absolute Gasteiger partial charge is 0.254 e. The quantitative estimate of drug-likeness (QED) is 0.809. The first kappa shape index (κ1) is 16.2. The number of carbonyl (C=O) groups is 1. The molecule has 1 saturated heterocycles. The average Bonchev–Trinajstić information content (AvgIpc) is 2.57. The molecule has 0 saturated carbocycles. The molecule has 0 N–H and O–H groups in total. The van der Waals surface area contributed by atoms with Crippen molar-refractivity contribution in [2.75, 3.05) is 31.1 Å². The van der Waals surface area contributed by atoms with Crippen LogP contribution in [0.15, 0.2) is 42.5 Å². The van der Waals surface area contributed by atoms with E-state index in [2.05, 4.69) is 11.0 Å². The monoisotopic (exact) mass is 348 g/mol. The van der Waals surface area contributed by atoms with Gasteiger partial charge >= 0.3 is 0 Å². The van der Waals surface area contributed by atoms with Crippen LogP contribution in [-0.4, -0.2) is 37.0 Å². The van der Waals surface area contributed by atoms with Crippen LogP contribution in [0.3, 0.4) is 0 Å². The van der Waals surface area contributed by atoms with E-state index in [4.69, 9.17) is 23.2 Å². The Kier molecular flexibility index (Phi) is 4.79. The lowest BCUT2D eigenvalue weighted by Crippen LogP contribution is -2.49. The molecule has 0 bridgehead atoms. The van der Waals surface area contributed by atoms with Gasteiger partial charge in [-0.3, -0.25) is 4.79 Å². The lowest BCUT2D eigenvalue weighted by molar-refractivity contribution is 0.0747. The van der Waals surface area contributed by atoms with Crippen molar-refractivity contribution in [2.24, 2.45) is 0 Å². The van der Waals surface area contributed by atoms with Crippen molar-refractivity contribution in [1.82, 2.24) is 4.90 Å². The zero-order valence-electron chi connectivity index (χ0n) is 12.9. The van der Waals surface area contributed by atoms with Gasteiger partial charge in [-0.05, 0) is 42.8 Å². The van der Waals surface area contributed by atoms with Crippen molar-refractivity contribution in [1.29, 1.82) is 0 Å². The van der Waals surface area contributed by atoms with Crippen LogP contribution < -0.4 is 4.90 Å². The van der Waals surface area contributed by atoms with Gasteiger partial charge in [-0.1, -0.05) is 35.3 Å². The summed E-state index contributed by atoms with van der Waals surface area (Å²) in [5, 5.41) is 1.36. The van der Waals surface area contributed by atoms with E-state index in [-0.39, 0.29) is 5.91 Å². The Labute approximate surface area is 146 Å². The molecule has 0 spiro atoms. The zero-order chi connectivity index (χ0) is 16.4. The second-order valence-corrected chi connectivity index (χ2v) is 6.52. The SMILES string of the molecule is Cc1c(Cl)cccc1N1CCN(C(=O)c2cccc(Cl)c2)CC1. The van der Waals surface area contributed by atoms with Crippen molar-refractivity contribution in [2.45, 2.75) is 6.92 Å². The topological polar surface area (TPSA) is 23.6 Å². The van der Waals surface area contributed by atoms with E-state index in [1.165, 1.54) is 0 Å². The molecule has 1 fully saturated rings. The fraction of sp³-hybridized carbons (Fsp3) is 0.278. The highest BCUT2D eigenvalue weighted by molar-refractivity contribution is 6.31. The normalized spacial score (nSPS) is 14.9. The summed E-state index contributed by atoms with van der Waals surface area (Å²) in [6.45, 7) is 5.01. The highest BCUT2D eigenvalue weighted by atomic mass is 35.5. The zero-order valence-corrected chi connectivity index (χ0v) is 14.4. The highest BCUT2D eigenvalue weighted by Crippen LogP contribution is 2.27. The Morgan fingerprint density at radius 3 is 2.39 bits per heavy atom. The van der Waals surface area contributed by atoms with E-state index in [9.17, 15) is 4.79 Å². The number of carbonyl (C=O) groups excluding carboxylic acids is 1. The van der Waals surface area contributed by atoms with Crippen LogP contribution in [0.25, 0.3) is 0 Å². The number of piperazine rings is 1. The Balaban J connectivity index is 1.69. The van der Waals surface area contributed by atoms with Crippen molar-refractivity contribution in [3.63, 3.8) is 0 Å². The Bertz CT molecular complexity index is 725. The summed E-state index contributed by atoms with van der Waals surface area (Å²) in [5.74, 6) is 0.0370. The summed E-state index contributed by atoms with van der Waals surface area (Å²) in [6.07, 6.45) is 0. The predicted molar refractivity (Wildman–Crippen MR) is 95.8 cm³/mol. The molecule has 0 unspecified atom stereocenters. The van der Waals surface area contributed by atoms with Gasteiger partial charge in [0.2, 0.25) is 0 Å². The molecule has 2 aromatic rings. The Morgan fingerprint density at radius 1 is 1.00 bits per heavy atom. The first-order valence-electron chi connectivity index (χ1n) is 7.61. The maximum absolute atomic E-state index is 12.5. The van der Waals surface area contributed by atoms with Gasteiger partial charge in [0.15, 0.2) is 0 Å². The van der Waals surface area contributed by atoms with Crippen LogP contribution in [0.5, 0.6) is 0 Å². The number of benzene rings is 2. The number of rotatable bonds is 2. The standard InChI is InChI=1S/C18H18Cl2N2O/c1-13-16(20)6-3-7-17(13)21-8-10-22(11-9-21)18(23)14-4-2-5-15(19)12-14/h2-7,12H,8-11H2,1H3. The lowest BCUT2D eigenvalue weighted by Gasteiger charge is -2.37. The molecular formula is C18H18Cl2N2O. The lowest BCUT2D eigenvalue weighted by atomic mass is 10.1. The third kappa shape index (κ3) is 3.46. The van der Waals surface area contributed by atoms with Gasteiger partial charge in [0.25, 0.3) is 5.91 Å². The fourth-order valence-corrected chi connectivity index (χ4v) is 3.25. The van der Waals surface area contributed by atoms with E-state index < -0.39 is 0 Å². The van der Waals surface area contributed by atoms with Gasteiger partial charge in [-0.2, -0.15) is 0 Å². The molecular weight excluding hydrogens is 331 g/mol. The molecule has 1 aliphatic rings. The molecule has 0 aromatic heterocycles. The van der Waals surface area contributed by atoms with Crippen LogP contribution >= 0.6 is 23.2 Å². The molecule has 1 aliphatic heterocycles. The van der Waals surface area contributed by atoms with Crippen LogP contribution in [0.1, 0.15) is 15.9 Å². The van der Waals surface area contributed by atoms with Gasteiger partial charge in [0.1, 0.15) is 0 Å². The van der Waals surface area contributed by atoms with Crippen molar-refractivity contribution in [3.05, 3.63) is 63.6 Å². The summed E-state index contributed by atoms with van der Waals surface area (Å²) < 4.78 is 0. The fourth-order valence-electron chi connectivity index (χ4n) is 2.89. The van der Waals surface area contributed by atoms with E-state index in [1.54, 1.807) is 18.2 Å². The Hall–Kier alpha value is -1.71. The van der Waals surface area contributed by atoms with Gasteiger partial charge in [-0.25, -0.2) is 0 Å². The summed E-state index contributed by atoms with van der Waals surface area (Å²) >= 11 is 12.2. The molecule has 3 rings (SSSR count). The highest BCUT2D eigenvalue weighted by Gasteiger charge is 2.23. The van der Waals surface area contributed by atoms with Crippen molar-refractivity contribution >= 4 is 34.8 Å². The summed E-state index contributed by atoms with van der Waals surface area (Å²) in [6, 6.07) is 13.1. The molecule has 0 atom stereocenters. The maximum atomic E-state index is 12.5. The van der Waals surface area contributed by atoms with Gasteiger partial charge in [0, 0.05) is 47.5 Å². The van der Waals surface area contributed by atoms with Crippen LogP contribution in [0.4, 0.5) is 5.69 Å². The van der Waals surface area contributed by atoms with Gasteiger partial charge < -0.3 is 9.80 Å². The van der Waals surface area contributed by atoms with E-state index in [0.717, 1.165) is 29.4 Å². The van der Waals surface area contributed by atoms with Crippen LogP contribution in [-0.2, 0) is 0 Å². The molecule has 0 radical (unpaired) electrons. The Morgan fingerprint density at radius 2 is 1.70 bits per heavy atom. The molecule has 1 heterocycles. The molecule has 120 valence electrons. The molecule has 0 aliphatic carbocycles. The number of hydrogen-bond donors (Lipinski definition) is 0. The number of nitrogens with zero attached hydrogens (tertiary/aromatic N) is 2. The molecule has 1 amide bonds. The van der Waals surface area contributed by atoms with E-state index in [1.807, 2.05) is 30.0 Å². The van der Waals surface area contributed by atoms with E-state index in [0.29, 0.717) is 23.7 Å². The number of amides is 1. The minimum absolute atomic E-state index is 0.0370. The largest absolute Gasteiger partial charge is 0.368 e. The van der Waals surface area contributed by atoms with Crippen LogP contribution in [0, 0.1) is 6.92 Å². The van der Waals surface area contributed by atoms with Crippen molar-refractivity contribution < 1.29 is 4.79 Å². The summed E-state index contributed by atoms with van der Waals surface area (Å²) in [5.41, 5.74) is 2.88. The molecule has 2 aromatic carbocycles. The number of hydrogen-bond acceptors (Lipinski definition) is 2.